The maximum Gasteiger partial charge on any atom is 0.145 e. The average Bonchev–Trinajstić information content (AvgIpc) is 2.85. The maximum atomic E-state index is 5.41. The van der Waals surface area contributed by atoms with Gasteiger partial charge < -0.3 is 9.30 Å². The fraction of sp³-hybridized carbons (Fsp3) is 0.333. The third-order valence-electron chi connectivity index (χ3n) is 4.07. The quantitative estimate of drug-likeness (QED) is 0.727. The van der Waals surface area contributed by atoms with Crippen LogP contribution in [0, 0.1) is 6.92 Å². The number of imidazole rings is 1. The highest BCUT2D eigenvalue weighted by Gasteiger charge is 2.11. The minimum atomic E-state index is 0.812. The van der Waals surface area contributed by atoms with Gasteiger partial charge in [-0.3, -0.25) is 9.88 Å². The molecule has 0 bridgehead atoms. The van der Waals surface area contributed by atoms with Crippen LogP contribution in [0.2, 0.25) is 0 Å². The van der Waals surface area contributed by atoms with E-state index in [2.05, 4.69) is 44.8 Å². The van der Waals surface area contributed by atoms with Gasteiger partial charge in [-0.25, -0.2) is 4.98 Å². The van der Waals surface area contributed by atoms with Gasteiger partial charge in [0.25, 0.3) is 0 Å². The van der Waals surface area contributed by atoms with Crippen LogP contribution < -0.4 is 4.74 Å². The Balaban J connectivity index is 1.83. The standard InChI is InChI=1S/C18H22N4O/c1-13-20-15(12-22(13)3)11-21(2)10-14-7-8-17(23-4)18-16(14)6-5-9-19-18/h5-9,12H,10-11H2,1-4H3. The Morgan fingerprint density at radius 3 is 2.74 bits per heavy atom. The summed E-state index contributed by atoms with van der Waals surface area (Å²) >= 11 is 0. The lowest BCUT2D eigenvalue weighted by molar-refractivity contribution is 0.316. The summed E-state index contributed by atoms with van der Waals surface area (Å²) in [5.74, 6) is 1.85. The van der Waals surface area contributed by atoms with Crippen LogP contribution in [0.15, 0.2) is 36.7 Å². The summed E-state index contributed by atoms with van der Waals surface area (Å²) in [6, 6.07) is 8.17. The molecule has 0 aliphatic heterocycles. The second-order valence-electron chi connectivity index (χ2n) is 5.89. The zero-order valence-electron chi connectivity index (χ0n) is 14.1. The van der Waals surface area contributed by atoms with Crippen molar-refractivity contribution in [1.82, 2.24) is 19.4 Å². The van der Waals surface area contributed by atoms with Crippen molar-refractivity contribution in [2.24, 2.45) is 7.05 Å². The zero-order valence-corrected chi connectivity index (χ0v) is 14.1. The van der Waals surface area contributed by atoms with Crippen molar-refractivity contribution in [2.45, 2.75) is 20.0 Å². The van der Waals surface area contributed by atoms with E-state index >= 15 is 0 Å². The van der Waals surface area contributed by atoms with Crippen LogP contribution in [0.4, 0.5) is 0 Å². The molecule has 3 aromatic rings. The number of methoxy groups -OCH3 is 1. The van der Waals surface area contributed by atoms with Crippen molar-refractivity contribution in [3.05, 3.63) is 53.7 Å². The predicted octanol–water partition coefficient (Wildman–Crippen LogP) is 2.92. The molecule has 0 unspecified atom stereocenters. The molecular weight excluding hydrogens is 288 g/mol. The largest absolute Gasteiger partial charge is 0.494 e. The number of benzene rings is 1. The molecule has 2 heterocycles. The normalized spacial score (nSPS) is 11.3. The van der Waals surface area contributed by atoms with Crippen molar-refractivity contribution in [2.75, 3.05) is 14.2 Å². The van der Waals surface area contributed by atoms with Crippen LogP contribution in [0.3, 0.4) is 0 Å². The van der Waals surface area contributed by atoms with Crippen molar-refractivity contribution in [1.29, 1.82) is 0 Å². The third-order valence-corrected chi connectivity index (χ3v) is 4.07. The van der Waals surface area contributed by atoms with Crippen LogP contribution in [0.1, 0.15) is 17.1 Å². The monoisotopic (exact) mass is 310 g/mol. The SMILES string of the molecule is COc1ccc(CN(C)Cc2cn(C)c(C)n2)c2cccnc12. The fourth-order valence-corrected chi connectivity index (χ4v) is 2.84. The number of ether oxygens (including phenoxy) is 1. The van der Waals surface area contributed by atoms with E-state index in [1.807, 2.05) is 26.1 Å². The number of nitrogens with zero attached hydrogens (tertiary/aromatic N) is 4. The average molecular weight is 310 g/mol. The van der Waals surface area contributed by atoms with E-state index in [1.165, 1.54) is 5.56 Å². The molecule has 0 aliphatic carbocycles. The molecule has 120 valence electrons. The number of fused-ring (bicyclic) bond motifs is 1. The predicted molar refractivity (Wildman–Crippen MR) is 91.4 cm³/mol. The summed E-state index contributed by atoms with van der Waals surface area (Å²) in [4.78, 5) is 11.3. The highest BCUT2D eigenvalue weighted by Crippen LogP contribution is 2.27. The molecule has 0 fully saturated rings. The first-order valence-electron chi connectivity index (χ1n) is 7.66. The topological polar surface area (TPSA) is 43.2 Å². The molecule has 0 spiro atoms. The smallest absolute Gasteiger partial charge is 0.145 e. The molecule has 5 heteroatoms. The molecule has 0 aliphatic rings. The summed E-state index contributed by atoms with van der Waals surface area (Å²) in [6.07, 6.45) is 3.88. The number of hydrogen-bond donors (Lipinski definition) is 0. The lowest BCUT2D eigenvalue weighted by atomic mass is 10.1. The van der Waals surface area contributed by atoms with E-state index < -0.39 is 0 Å². The van der Waals surface area contributed by atoms with Gasteiger partial charge in [0.1, 0.15) is 17.1 Å². The van der Waals surface area contributed by atoms with Gasteiger partial charge in [-0.1, -0.05) is 12.1 Å². The molecular formula is C18H22N4O. The maximum absolute atomic E-state index is 5.41. The zero-order chi connectivity index (χ0) is 16.4. The van der Waals surface area contributed by atoms with Crippen molar-refractivity contribution in [3.63, 3.8) is 0 Å². The minimum absolute atomic E-state index is 0.812. The Bertz CT molecular complexity index is 805. The van der Waals surface area contributed by atoms with E-state index in [0.29, 0.717) is 0 Å². The number of aromatic nitrogens is 3. The van der Waals surface area contributed by atoms with Gasteiger partial charge in [-0.05, 0) is 31.7 Å². The van der Waals surface area contributed by atoms with Crippen LogP contribution >= 0.6 is 0 Å². The van der Waals surface area contributed by atoms with E-state index in [-0.39, 0.29) is 0 Å². The van der Waals surface area contributed by atoms with Gasteiger partial charge in [0.15, 0.2) is 0 Å². The summed E-state index contributed by atoms with van der Waals surface area (Å²) in [6.45, 7) is 3.67. The van der Waals surface area contributed by atoms with Crippen LogP contribution in [0.25, 0.3) is 10.9 Å². The molecule has 0 saturated heterocycles. The first-order chi connectivity index (χ1) is 11.1. The van der Waals surface area contributed by atoms with E-state index in [9.17, 15) is 0 Å². The van der Waals surface area contributed by atoms with Gasteiger partial charge in [-0.2, -0.15) is 0 Å². The van der Waals surface area contributed by atoms with Gasteiger partial charge in [0, 0.05) is 37.9 Å². The highest BCUT2D eigenvalue weighted by atomic mass is 16.5. The number of hydrogen-bond acceptors (Lipinski definition) is 4. The van der Waals surface area contributed by atoms with Crippen molar-refractivity contribution in [3.8, 4) is 5.75 Å². The summed E-state index contributed by atoms with van der Waals surface area (Å²) in [5, 5.41) is 1.14. The molecule has 3 rings (SSSR count). The second kappa shape index (κ2) is 6.38. The van der Waals surface area contributed by atoms with Crippen molar-refractivity contribution >= 4 is 10.9 Å². The van der Waals surface area contributed by atoms with Gasteiger partial charge in [-0.15, -0.1) is 0 Å². The number of aryl methyl sites for hydroxylation is 2. The molecule has 2 aromatic heterocycles. The molecule has 23 heavy (non-hydrogen) atoms. The Labute approximate surface area is 136 Å². The number of pyridine rings is 1. The first kappa shape index (κ1) is 15.5. The highest BCUT2D eigenvalue weighted by molar-refractivity contribution is 5.87. The molecule has 0 N–H and O–H groups in total. The molecule has 5 nitrogen and oxygen atoms in total. The van der Waals surface area contributed by atoms with E-state index in [4.69, 9.17) is 4.74 Å². The van der Waals surface area contributed by atoms with E-state index in [0.717, 1.165) is 41.3 Å². The lowest BCUT2D eigenvalue weighted by Gasteiger charge is -2.17. The van der Waals surface area contributed by atoms with Crippen molar-refractivity contribution < 1.29 is 4.74 Å². The molecule has 0 radical (unpaired) electrons. The molecule has 0 amide bonds. The van der Waals surface area contributed by atoms with Crippen LogP contribution in [-0.4, -0.2) is 33.6 Å². The summed E-state index contributed by atoms with van der Waals surface area (Å²) in [7, 11) is 5.81. The van der Waals surface area contributed by atoms with Gasteiger partial charge >= 0.3 is 0 Å². The van der Waals surface area contributed by atoms with Crippen LogP contribution in [0.5, 0.6) is 5.75 Å². The second-order valence-corrected chi connectivity index (χ2v) is 5.89. The van der Waals surface area contributed by atoms with Crippen LogP contribution in [-0.2, 0) is 20.1 Å². The van der Waals surface area contributed by atoms with E-state index in [1.54, 1.807) is 13.3 Å². The Morgan fingerprint density at radius 2 is 2.04 bits per heavy atom. The Morgan fingerprint density at radius 1 is 1.22 bits per heavy atom. The summed E-state index contributed by atoms with van der Waals surface area (Å²) in [5.41, 5.74) is 3.24. The Kier molecular flexibility index (Phi) is 4.30. The molecule has 1 aromatic carbocycles. The van der Waals surface area contributed by atoms with Gasteiger partial charge in [0.05, 0.1) is 12.8 Å². The number of rotatable bonds is 5. The fourth-order valence-electron chi connectivity index (χ4n) is 2.84. The minimum Gasteiger partial charge on any atom is -0.494 e. The van der Waals surface area contributed by atoms with Gasteiger partial charge in [0.2, 0.25) is 0 Å². The molecule has 0 saturated carbocycles. The summed E-state index contributed by atoms with van der Waals surface area (Å²) < 4.78 is 7.46. The molecule has 0 atom stereocenters. The first-order valence-corrected chi connectivity index (χ1v) is 7.66. The third kappa shape index (κ3) is 3.19. The lowest BCUT2D eigenvalue weighted by Crippen LogP contribution is -2.17. The Hall–Kier alpha value is -2.40.